The quantitative estimate of drug-likeness (QED) is 0.775. The van der Waals surface area contributed by atoms with Gasteiger partial charge in [-0.1, -0.05) is 6.07 Å². The molecule has 0 aliphatic carbocycles. The van der Waals surface area contributed by atoms with Gasteiger partial charge in [0.25, 0.3) is 5.56 Å². The molecule has 0 bridgehead atoms. The molecule has 108 valence electrons. The molecule has 0 saturated carbocycles. The number of quaternary nitrogens is 1. The van der Waals surface area contributed by atoms with Crippen LogP contribution >= 0.6 is 22.7 Å². The molecule has 21 heavy (non-hydrogen) atoms. The van der Waals surface area contributed by atoms with Crippen molar-refractivity contribution in [3.63, 3.8) is 0 Å². The Morgan fingerprint density at radius 3 is 2.90 bits per heavy atom. The van der Waals surface area contributed by atoms with Gasteiger partial charge in [0.05, 0.1) is 18.5 Å². The molecule has 4 nitrogen and oxygen atoms in total. The van der Waals surface area contributed by atoms with Crippen molar-refractivity contribution in [3.8, 4) is 10.4 Å². The summed E-state index contributed by atoms with van der Waals surface area (Å²) in [5, 5.41) is 4.82. The molecule has 0 atom stereocenters. The lowest BCUT2D eigenvalue weighted by Gasteiger charge is -2.10. The van der Waals surface area contributed by atoms with E-state index < -0.39 is 0 Å². The molecule has 4 heterocycles. The topological polar surface area (TPSA) is 50.2 Å². The van der Waals surface area contributed by atoms with Crippen LogP contribution in [0.4, 0.5) is 0 Å². The van der Waals surface area contributed by atoms with Gasteiger partial charge in [0, 0.05) is 28.7 Å². The number of aromatic amines is 1. The molecule has 4 rings (SSSR count). The summed E-state index contributed by atoms with van der Waals surface area (Å²) >= 11 is 3.22. The first-order valence-electron chi connectivity index (χ1n) is 7.19. The number of thiophene rings is 2. The zero-order valence-corrected chi connectivity index (χ0v) is 13.1. The van der Waals surface area contributed by atoms with Gasteiger partial charge in [0.2, 0.25) is 0 Å². The molecule has 3 aromatic rings. The average Bonchev–Trinajstić information content (AvgIpc) is 3.19. The lowest BCUT2D eigenvalue weighted by atomic mass is 10.2. The molecule has 6 heteroatoms. The maximum absolute atomic E-state index is 12.5. The Labute approximate surface area is 130 Å². The van der Waals surface area contributed by atoms with E-state index in [0.29, 0.717) is 0 Å². The number of nitrogens with zero attached hydrogens (tertiary/aromatic N) is 1. The minimum absolute atomic E-state index is 0.00162. The Morgan fingerprint density at radius 1 is 1.29 bits per heavy atom. The van der Waals surface area contributed by atoms with Crippen LogP contribution in [0.3, 0.4) is 0 Å². The van der Waals surface area contributed by atoms with Gasteiger partial charge in [-0.25, -0.2) is 4.98 Å². The molecule has 2 N–H and O–H groups in total. The summed E-state index contributed by atoms with van der Waals surface area (Å²) in [7, 11) is 0. The number of likely N-dealkylation sites (tertiary alicyclic amines) is 1. The number of H-pyrrole nitrogens is 1. The largest absolute Gasteiger partial charge is 0.329 e. The molecular formula is C15H16N3OS2+. The van der Waals surface area contributed by atoms with Gasteiger partial charge in [-0.05, 0) is 11.4 Å². The zero-order chi connectivity index (χ0) is 14.2. The van der Waals surface area contributed by atoms with E-state index in [2.05, 4.69) is 9.97 Å². The molecule has 3 aromatic heterocycles. The summed E-state index contributed by atoms with van der Waals surface area (Å²) in [5.74, 6) is 0.823. The first-order valence-corrected chi connectivity index (χ1v) is 8.95. The molecule has 0 radical (unpaired) electrons. The van der Waals surface area contributed by atoms with E-state index in [1.807, 2.05) is 22.9 Å². The molecule has 0 aromatic carbocycles. The molecular weight excluding hydrogens is 302 g/mol. The van der Waals surface area contributed by atoms with Gasteiger partial charge in [-0.2, -0.15) is 0 Å². The number of hydrogen-bond acceptors (Lipinski definition) is 4. The maximum atomic E-state index is 12.5. The van der Waals surface area contributed by atoms with Crippen LogP contribution in [0, 0.1) is 0 Å². The summed E-state index contributed by atoms with van der Waals surface area (Å²) in [6.45, 7) is 3.21. The van der Waals surface area contributed by atoms with Crippen LogP contribution in [0.5, 0.6) is 0 Å². The predicted octanol–water partition coefficient (Wildman–Crippen LogP) is 1.89. The van der Waals surface area contributed by atoms with Crippen molar-refractivity contribution in [1.82, 2.24) is 9.97 Å². The predicted molar refractivity (Wildman–Crippen MR) is 87.2 cm³/mol. The van der Waals surface area contributed by atoms with E-state index in [0.717, 1.165) is 33.0 Å². The molecule has 1 saturated heterocycles. The second-order valence-corrected chi connectivity index (χ2v) is 7.26. The van der Waals surface area contributed by atoms with Crippen molar-refractivity contribution in [2.45, 2.75) is 19.4 Å². The molecule has 1 aliphatic heterocycles. The van der Waals surface area contributed by atoms with E-state index in [1.54, 1.807) is 22.7 Å². The van der Waals surface area contributed by atoms with E-state index in [1.165, 1.54) is 30.8 Å². The SMILES string of the molecule is O=c1[nH]c(C[NH+]2CCCC2)nc2scc(-c3cccs3)c12. The Kier molecular flexibility index (Phi) is 3.37. The molecule has 0 amide bonds. The van der Waals surface area contributed by atoms with Crippen molar-refractivity contribution in [2.75, 3.05) is 13.1 Å². The lowest BCUT2D eigenvalue weighted by molar-refractivity contribution is -0.902. The summed E-state index contributed by atoms with van der Waals surface area (Å²) in [6, 6.07) is 4.06. The lowest BCUT2D eigenvalue weighted by Crippen LogP contribution is -3.08. The van der Waals surface area contributed by atoms with Crippen LogP contribution in [-0.2, 0) is 6.54 Å². The highest BCUT2D eigenvalue weighted by Gasteiger charge is 2.19. The van der Waals surface area contributed by atoms with Crippen LogP contribution in [0.15, 0.2) is 27.7 Å². The number of hydrogen-bond donors (Lipinski definition) is 2. The fraction of sp³-hybridized carbons (Fsp3) is 0.333. The Morgan fingerprint density at radius 2 is 2.14 bits per heavy atom. The zero-order valence-electron chi connectivity index (χ0n) is 11.5. The normalized spacial score (nSPS) is 16.0. The first-order chi connectivity index (χ1) is 10.3. The van der Waals surface area contributed by atoms with Crippen molar-refractivity contribution in [3.05, 3.63) is 39.1 Å². The first kappa shape index (κ1) is 13.2. The highest BCUT2D eigenvalue weighted by atomic mass is 32.1. The smallest absolute Gasteiger partial charge is 0.260 e. The van der Waals surface area contributed by atoms with Crippen LogP contribution in [-0.4, -0.2) is 23.1 Å². The van der Waals surface area contributed by atoms with Crippen molar-refractivity contribution >= 4 is 32.9 Å². The monoisotopic (exact) mass is 318 g/mol. The van der Waals surface area contributed by atoms with E-state index in [4.69, 9.17) is 0 Å². The number of rotatable bonds is 3. The number of aromatic nitrogens is 2. The Bertz CT molecular complexity index is 813. The van der Waals surface area contributed by atoms with Crippen molar-refractivity contribution < 1.29 is 4.90 Å². The highest BCUT2D eigenvalue weighted by molar-refractivity contribution is 7.18. The standard InChI is InChI=1S/C15H15N3OS2/c19-14-13-10(11-4-3-7-20-11)9-21-15(13)17-12(16-14)8-18-5-1-2-6-18/h3-4,7,9H,1-2,5-6,8H2,(H,16,17,19)/p+1. The molecule has 1 aliphatic rings. The fourth-order valence-electron chi connectivity index (χ4n) is 2.98. The number of nitrogens with one attached hydrogen (secondary N) is 2. The second-order valence-electron chi connectivity index (χ2n) is 5.45. The van der Waals surface area contributed by atoms with Crippen LogP contribution in [0.2, 0.25) is 0 Å². The van der Waals surface area contributed by atoms with Gasteiger partial charge >= 0.3 is 0 Å². The third-order valence-corrected chi connectivity index (χ3v) is 5.78. The van der Waals surface area contributed by atoms with Crippen molar-refractivity contribution in [1.29, 1.82) is 0 Å². The van der Waals surface area contributed by atoms with Gasteiger partial charge in [-0.15, -0.1) is 22.7 Å². The Hall–Kier alpha value is -1.50. The third-order valence-electron chi connectivity index (χ3n) is 4.01. The second kappa shape index (κ2) is 5.36. The highest BCUT2D eigenvalue weighted by Crippen LogP contribution is 2.33. The van der Waals surface area contributed by atoms with Crippen LogP contribution in [0.1, 0.15) is 18.7 Å². The Balaban J connectivity index is 1.76. The van der Waals surface area contributed by atoms with Crippen LogP contribution < -0.4 is 10.5 Å². The van der Waals surface area contributed by atoms with E-state index in [-0.39, 0.29) is 5.56 Å². The average molecular weight is 318 g/mol. The van der Waals surface area contributed by atoms with Gasteiger partial charge in [-0.3, -0.25) is 4.79 Å². The van der Waals surface area contributed by atoms with Gasteiger partial charge in [0.15, 0.2) is 5.82 Å². The molecule has 0 unspecified atom stereocenters. The minimum atomic E-state index is -0.00162. The molecule has 0 spiro atoms. The summed E-state index contributed by atoms with van der Waals surface area (Å²) in [4.78, 5) is 23.6. The van der Waals surface area contributed by atoms with E-state index in [9.17, 15) is 4.79 Å². The van der Waals surface area contributed by atoms with Gasteiger partial charge < -0.3 is 9.88 Å². The summed E-state index contributed by atoms with van der Waals surface area (Å²) in [5.41, 5.74) is 1.01. The summed E-state index contributed by atoms with van der Waals surface area (Å²) in [6.07, 6.45) is 2.56. The fourth-order valence-corrected chi connectivity index (χ4v) is 4.76. The summed E-state index contributed by atoms with van der Waals surface area (Å²) < 4.78 is 0. The van der Waals surface area contributed by atoms with E-state index >= 15 is 0 Å². The number of fused-ring (bicyclic) bond motifs is 1. The minimum Gasteiger partial charge on any atom is -0.329 e. The van der Waals surface area contributed by atoms with Gasteiger partial charge in [0.1, 0.15) is 11.4 Å². The van der Waals surface area contributed by atoms with Crippen LogP contribution in [0.25, 0.3) is 20.7 Å². The maximum Gasteiger partial charge on any atom is 0.260 e. The third kappa shape index (κ3) is 2.43. The molecule has 1 fully saturated rings. The van der Waals surface area contributed by atoms with Crippen molar-refractivity contribution in [2.24, 2.45) is 0 Å².